The van der Waals surface area contributed by atoms with Crippen molar-refractivity contribution >= 4 is 17.8 Å². The molecule has 47 heavy (non-hydrogen) atoms. The highest BCUT2D eigenvalue weighted by molar-refractivity contribution is 5.89. The number of hydrogen-bond donors (Lipinski definition) is 1. The van der Waals surface area contributed by atoms with Crippen LogP contribution in [0.2, 0.25) is 0 Å². The average Bonchev–Trinajstić information content (AvgIpc) is 3.56. The van der Waals surface area contributed by atoms with E-state index in [1.807, 2.05) is 25.1 Å². The number of carbonyl (C=O) groups excluding carboxylic acids is 2. The van der Waals surface area contributed by atoms with Gasteiger partial charge in [0.05, 0.1) is 20.1 Å². The first-order valence-corrected chi connectivity index (χ1v) is 15.9. The molecule has 0 aliphatic carbocycles. The number of carboxylic acids is 1. The lowest BCUT2D eigenvalue weighted by molar-refractivity contribution is -0.159. The fourth-order valence-corrected chi connectivity index (χ4v) is 6.12. The first-order chi connectivity index (χ1) is 22.6. The Bertz CT molecular complexity index is 1600. The van der Waals surface area contributed by atoms with Gasteiger partial charge in [-0.2, -0.15) is 0 Å². The number of esters is 1. The quantitative estimate of drug-likeness (QED) is 0.145. The summed E-state index contributed by atoms with van der Waals surface area (Å²) < 4.78 is 22.7. The van der Waals surface area contributed by atoms with Crippen molar-refractivity contribution in [2.75, 3.05) is 27.4 Å². The van der Waals surface area contributed by atoms with Crippen LogP contribution in [0.15, 0.2) is 67.3 Å². The summed E-state index contributed by atoms with van der Waals surface area (Å²) in [6.07, 6.45) is 3.74. The standard InChI is InChI=1S/C38H45NO8/c1-7-10-31(29-20-26(4)36(45-6)34(22-29)44-5)37(42)39-18-9-13-32(39)38(43)47-33(17-16-27-15-14-24(2)25(3)19-27)28-11-8-12-30(21-28)46-23-35(40)41/h7-8,11-12,14-15,19-22,31-33H,1,9-10,13,16-18,23H2,2-6H3,(H,40,41)/t31-,32-,33+/m0/s1. The minimum absolute atomic E-state index is 0.174. The molecule has 9 heteroatoms. The Labute approximate surface area is 277 Å². The lowest BCUT2D eigenvalue weighted by Crippen LogP contribution is -2.44. The number of rotatable bonds is 15. The number of benzene rings is 3. The van der Waals surface area contributed by atoms with Gasteiger partial charge in [-0.05, 0) is 104 Å². The number of amides is 1. The van der Waals surface area contributed by atoms with E-state index >= 15 is 0 Å². The molecule has 0 spiro atoms. The van der Waals surface area contributed by atoms with E-state index < -0.39 is 36.6 Å². The summed E-state index contributed by atoms with van der Waals surface area (Å²) in [4.78, 5) is 40.8. The molecule has 3 atom stereocenters. The highest BCUT2D eigenvalue weighted by atomic mass is 16.5. The zero-order valence-electron chi connectivity index (χ0n) is 27.9. The van der Waals surface area contributed by atoms with Gasteiger partial charge >= 0.3 is 11.9 Å². The predicted octanol–water partition coefficient (Wildman–Crippen LogP) is 6.66. The highest BCUT2D eigenvalue weighted by Gasteiger charge is 2.39. The van der Waals surface area contributed by atoms with E-state index in [0.29, 0.717) is 61.5 Å². The summed E-state index contributed by atoms with van der Waals surface area (Å²) in [5, 5.41) is 9.08. The molecule has 1 amide bonds. The van der Waals surface area contributed by atoms with Crippen molar-refractivity contribution in [3.05, 3.63) is 101 Å². The first kappa shape index (κ1) is 35.1. The molecule has 9 nitrogen and oxygen atoms in total. The van der Waals surface area contributed by atoms with Crippen molar-refractivity contribution in [1.29, 1.82) is 0 Å². The van der Waals surface area contributed by atoms with Crippen LogP contribution in [0.3, 0.4) is 0 Å². The molecule has 0 radical (unpaired) electrons. The van der Waals surface area contributed by atoms with E-state index in [1.165, 1.54) is 11.1 Å². The highest BCUT2D eigenvalue weighted by Crippen LogP contribution is 2.37. The average molecular weight is 644 g/mol. The van der Waals surface area contributed by atoms with Crippen LogP contribution >= 0.6 is 0 Å². The van der Waals surface area contributed by atoms with E-state index in [9.17, 15) is 14.4 Å². The van der Waals surface area contributed by atoms with Crippen molar-refractivity contribution in [1.82, 2.24) is 4.90 Å². The fraction of sp³-hybridized carbons (Fsp3) is 0.395. The molecular weight excluding hydrogens is 598 g/mol. The van der Waals surface area contributed by atoms with Gasteiger partial charge in [-0.25, -0.2) is 9.59 Å². The molecule has 3 aromatic rings. The maximum absolute atomic E-state index is 14.1. The van der Waals surface area contributed by atoms with Crippen LogP contribution in [0.4, 0.5) is 0 Å². The number of likely N-dealkylation sites (tertiary alicyclic amines) is 1. The third kappa shape index (κ3) is 8.73. The Kier molecular flexibility index (Phi) is 12.1. The zero-order valence-corrected chi connectivity index (χ0v) is 27.9. The molecular formula is C38H45NO8. The van der Waals surface area contributed by atoms with Crippen molar-refractivity contribution in [3.63, 3.8) is 0 Å². The first-order valence-electron chi connectivity index (χ1n) is 15.9. The number of nitrogens with zero attached hydrogens (tertiary/aromatic N) is 1. The van der Waals surface area contributed by atoms with Gasteiger partial charge in [0, 0.05) is 6.54 Å². The Hall–Kier alpha value is -4.79. The number of methoxy groups -OCH3 is 2. The summed E-state index contributed by atoms with van der Waals surface area (Å²) >= 11 is 0. The van der Waals surface area contributed by atoms with Crippen LogP contribution in [-0.4, -0.2) is 61.3 Å². The normalized spacial score (nSPS) is 15.4. The van der Waals surface area contributed by atoms with Gasteiger partial charge in [0.15, 0.2) is 18.1 Å². The lowest BCUT2D eigenvalue weighted by atomic mass is 9.92. The van der Waals surface area contributed by atoms with E-state index in [-0.39, 0.29) is 5.91 Å². The molecule has 4 rings (SSSR count). The molecule has 0 aromatic heterocycles. The van der Waals surface area contributed by atoms with Gasteiger partial charge in [-0.3, -0.25) is 4.79 Å². The van der Waals surface area contributed by atoms with Gasteiger partial charge in [0.2, 0.25) is 5.91 Å². The molecule has 0 bridgehead atoms. The van der Waals surface area contributed by atoms with Gasteiger partial charge < -0.3 is 29.0 Å². The van der Waals surface area contributed by atoms with Crippen LogP contribution in [0.1, 0.15) is 71.1 Å². The number of ether oxygens (including phenoxy) is 4. The summed E-state index contributed by atoms with van der Waals surface area (Å²) in [5.41, 5.74) is 5.77. The SMILES string of the molecule is C=CC[C@H](C(=O)N1CCC[C@H]1C(=O)O[C@H](CCc1ccc(C)c(C)c1)c1cccc(OCC(=O)O)c1)c1cc(C)c(OC)c(OC)c1. The molecule has 0 unspecified atom stereocenters. The van der Waals surface area contributed by atoms with Gasteiger partial charge in [0.1, 0.15) is 17.9 Å². The number of aryl methyl sites for hydroxylation is 4. The van der Waals surface area contributed by atoms with Crippen LogP contribution in [-0.2, 0) is 25.5 Å². The van der Waals surface area contributed by atoms with Crippen molar-refractivity contribution in [2.45, 2.75) is 70.9 Å². The number of carboxylic acid groups (broad SMARTS) is 1. The van der Waals surface area contributed by atoms with E-state index in [0.717, 1.165) is 16.7 Å². The van der Waals surface area contributed by atoms with Gasteiger partial charge in [-0.15, -0.1) is 6.58 Å². The number of allylic oxidation sites excluding steroid dienone is 1. The van der Waals surface area contributed by atoms with Crippen molar-refractivity contribution < 1.29 is 38.4 Å². The van der Waals surface area contributed by atoms with E-state index in [1.54, 1.807) is 43.4 Å². The second kappa shape index (κ2) is 16.2. The van der Waals surface area contributed by atoms with Gasteiger partial charge in [-0.1, -0.05) is 42.5 Å². The van der Waals surface area contributed by atoms with Crippen LogP contribution in [0.5, 0.6) is 17.2 Å². The monoisotopic (exact) mass is 643 g/mol. The molecule has 1 N–H and O–H groups in total. The molecule has 1 aliphatic rings. The van der Waals surface area contributed by atoms with Crippen LogP contribution in [0, 0.1) is 20.8 Å². The van der Waals surface area contributed by atoms with Crippen molar-refractivity contribution in [3.8, 4) is 17.2 Å². The summed E-state index contributed by atoms with van der Waals surface area (Å²) in [5.74, 6) is -0.798. The topological polar surface area (TPSA) is 112 Å². The molecule has 1 aliphatic heterocycles. The fourth-order valence-electron chi connectivity index (χ4n) is 6.12. The molecule has 1 saturated heterocycles. The summed E-state index contributed by atoms with van der Waals surface area (Å²) in [6.45, 7) is 9.86. The van der Waals surface area contributed by atoms with Crippen molar-refractivity contribution in [2.24, 2.45) is 0 Å². The third-order valence-corrected chi connectivity index (χ3v) is 8.71. The zero-order chi connectivity index (χ0) is 34.1. The number of carbonyl (C=O) groups is 3. The lowest BCUT2D eigenvalue weighted by Gasteiger charge is -2.29. The smallest absolute Gasteiger partial charge is 0.341 e. The second-order valence-electron chi connectivity index (χ2n) is 12.0. The third-order valence-electron chi connectivity index (χ3n) is 8.71. The maximum Gasteiger partial charge on any atom is 0.341 e. The molecule has 1 heterocycles. The predicted molar refractivity (Wildman–Crippen MR) is 179 cm³/mol. The van der Waals surface area contributed by atoms with Crippen LogP contribution < -0.4 is 14.2 Å². The van der Waals surface area contributed by atoms with E-state index in [2.05, 4.69) is 38.6 Å². The number of aliphatic carboxylic acids is 1. The maximum atomic E-state index is 14.1. The van der Waals surface area contributed by atoms with E-state index in [4.69, 9.17) is 24.1 Å². The molecule has 3 aromatic carbocycles. The largest absolute Gasteiger partial charge is 0.493 e. The molecule has 0 saturated carbocycles. The van der Waals surface area contributed by atoms with Gasteiger partial charge in [0.25, 0.3) is 0 Å². The minimum atomic E-state index is -1.09. The van der Waals surface area contributed by atoms with Crippen LogP contribution in [0.25, 0.3) is 0 Å². The Morgan fingerprint density at radius 3 is 2.45 bits per heavy atom. The second-order valence-corrected chi connectivity index (χ2v) is 12.0. The minimum Gasteiger partial charge on any atom is -0.493 e. The summed E-state index contributed by atoms with van der Waals surface area (Å²) in [6, 6.07) is 16.2. The number of hydrogen-bond acceptors (Lipinski definition) is 7. The Balaban J connectivity index is 1.59. The molecule has 250 valence electrons. The molecule has 1 fully saturated rings. The Morgan fingerprint density at radius 1 is 0.979 bits per heavy atom. The summed E-state index contributed by atoms with van der Waals surface area (Å²) in [7, 11) is 3.13. The Morgan fingerprint density at radius 2 is 1.77 bits per heavy atom.